The van der Waals surface area contributed by atoms with Crippen LogP contribution in [0.2, 0.25) is 5.15 Å². The van der Waals surface area contributed by atoms with Crippen molar-refractivity contribution >= 4 is 17.5 Å². The molecule has 1 saturated heterocycles. The lowest BCUT2D eigenvalue weighted by molar-refractivity contribution is 0.0795. The van der Waals surface area contributed by atoms with Crippen molar-refractivity contribution in [2.75, 3.05) is 26.2 Å². The van der Waals surface area contributed by atoms with Crippen LogP contribution < -0.4 is 5.32 Å². The summed E-state index contributed by atoms with van der Waals surface area (Å²) in [5, 5.41) is 17.5. The molecule has 0 saturated carbocycles. The molecule has 1 atom stereocenters. The lowest BCUT2D eigenvalue weighted by Gasteiger charge is -2.31. The fraction of sp³-hybridized carbons (Fsp3) is 0.750. The van der Waals surface area contributed by atoms with Crippen molar-refractivity contribution in [3.8, 4) is 0 Å². The molecule has 0 spiro atoms. The van der Waals surface area contributed by atoms with Crippen molar-refractivity contribution in [3.63, 3.8) is 0 Å². The number of rotatable bonds is 6. The van der Waals surface area contributed by atoms with E-state index in [9.17, 15) is 9.90 Å². The molecule has 1 aromatic heterocycles. The van der Waals surface area contributed by atoms with Crippen molar-refractivity contribution in [2.45, 2.75) is 39.2 Å². The number of aliphatic hydroxyl groups excluding tert-OH is 1. The Labute approximate surface area is 142 Å². The van der Waals surface area contributed by atoms with Gasteiger partial charge in [-0.15, -0.1) is 0 Å². The van der Waals surface area contributed by atoms with Gasteiger partial charge in [-0.25, -0.2) is 0 Å². The fourth-order valence-electron chi connectivity index (χ4n) is 2.93. The second-order valence-electron chi connectivity index (χ2n) is 6.44. The van der Waals surface area contributed by atoms with Gasteiger partial charge in [-0.2, -0.15) is 5.10 Å². The number of piperidine rings is 1. The van der Waals surface area contributed by atoms with Gasteiger partial charge in [-0.3, -0.25) is 9.48 Å². The third-order valence-corrected chi connectivity index (χ3v) is 4.89. The van der Waals surface area contributed by atoms with Crippen LogP contribution in [0.4, 0.5) is 0 Å². The lowest BCUT2D eigenvalue weighted by atomic mass is 9.99. The molecule has 2 heterocycles. The Kier molecular flexibility index (Phi) is 6.44. The Morgan fingerprint density at radius 2 is 2.13 bits per heavy atom. The number of aryl methyl sites for hydroxylation is 2. The van der Waals surface area contributed by atoms with Crippen LogP contribution in [-0.2, 0) is 13.5 Å². The van der Waals surface area contributed by atoms with Crippen LogP contribution in [0.15, 0.2) is 0 Å². The normalized spacial score (nSPS) is 18.1. The SMILES string of the molecule is CCc1nn(C)c(Cl)c1C(=O)NCC(O)CN1CCC(C)CC1. The van der Waals surface area contributed by atoms with Gasteiger partial charge in [0, 0.05) is 20.1 Å². The summed E-state index contributed by atoms with van der Waals surface area (Å²) in [5.41, 5.74) is 1.09. The van der Waals surface area contributed by atoms with Gasteiger partial charge in [0.15, 0.2) is 0 Å². The molecule has 1 fully saturated rings. The number of nitrogens with zero attached hydrogens (tertiary/aromatic N) is 3. The Balaban J connectivity index is 1.84. The Hall–Kier alpha value is -1.11. The molecule has 2 rings (SSSR count). The van der Waals surface area contributed by atoms with E-state index in [-0.39, 0.29) is 12.5 Å². The largest absolute Gasteiger partial charge is 0.390 e. The van der Waals surface area contributed by atoms with E-state index in [1.165, 1.54) is 17.5 Å². The number of carbonyl (C=O) groups is 1. The number of aromatic nitrogens is 2. The molecule has 0 radical (unpaired) electrons. The smallest absolute Gasteiger partial charge is 0.256 e. The topological polar surface area (TPSA) is 70.4 Å². The molecule has 1 unspecified atom stereocenters. The summed E-state index contributed by atoms with van der Waals surface area (Å²) in [7, 11) is 1.71. The van der Waals surface area contributed by atoms with E-state index in [2.05, 4.69) is 22.2 Å². The average Bonchev–Trinajstić information content (AvgIpc) is 2.82. The summed E-state index contributed by atoms with van der Waals surface area (Å²) in [6, 6.07) is 0. The predicted molar refractivity (Wildman–Crippen MR) is 90.8 cm³/mol. The summed E-state index contributed by atoms with van der Waals surface area (Å²) in [6.45, 7) is 7.04. The van der Waals surface area contributed by atoms with E-state index >= 15 is 0 Å². The van der Waals surface area contributed by atoms with Crippen molar-refractivity contribution in [1.82, 2.24) is 20.0 Å². The molecule has 1 amide bonds. The number of halogens is 1. The fourth-order valence-corrected chi connectivity index (χ4v) is 3.17. The number of nitrogens with one attached hydrogen (secondary N) is 1. The summed E-state index contributed by atoms with van der Waals surface area (Å²) >= 11 is 6.14. The highest BCUT2D eigenvalue weighted by atomic mass is 35.5. The molecule has 7 heteroatoms. The number of carbonyl (C=O) groups excluding carboxylic acids is 1. The Morgan fingerprint density at radius 3 is 2.74 bits per heavy atom. The maximum atomic E-state index is 12.3. The monoisotopic (exact) mass is 342 g/mol. The first-order valence-corrected chi connectivity index (χ1v) is 8.70. The lowest BCUT2D eigenvalue weighted by Crippen LogP contribution is -2.43. The van der Waals surface area contributed by atoms with Gasteiger partial charge < -0.3 is 15.3 Å². The van der Waals surface area contributed by atoms with Crippen LogP contribution in [0, 0.1) is 5.92 Å². The van der Waals surface area contributed by atoms with E-state index < -0.39 is 6.10 Å². The van der Waals surface area contributed by atoms with Gasteiger partial charge in [0.2, 0.25) is 0 Å². The van der Waals surface area contributed by atoms with Crippen LogP contribution in [0.25, 0.3) is 0 Å². The molecular weight excluding hydrogens is 316 g/mol. The molecule has 0 aliphatic carbocycles. The molecule has 1 aliphatic rings. The first kappa shape index (κ1) is 18.2. The molecule has 130 valence electrons. The highest BCUT2D eigenvalue weighted by molar-refractivity contribution is 6.33. The molecule has 0 bridgehead atoms. The minimum atomic E-state index is -0.576. The third-order valence-electron chi connectivity index (χ3n) is 4.46. The maximum Gasteiger partial charge on any atom is 0.256 e. The zero-order chi connectivity index (χ0) is 17.0. The van der Waals surface area contributed by atoms with Gasteiger partial charge in [0.25, 0.3) is 5.91 Å². The van der Waals surface area contributed by atoms with Gasteiger partial charge in [-0.1, -0.05) is 25.4 Å². The standard InChI is InChI=1S/C16H27ClN4O2/c1-4-13-14(15(17)20(3)19-13)16(23)18-9-12(22)10-21-7-5-11(2)6-8-21/h11-12,22H,4-10H2,1-3H3,(H,18,23). The van der Waals surface area contributed by atoms with Crippen molar-refractivity contribution in [2.24, 2.45) is 13.0 Å². The molecule has 2 N–H and O–H groups in total. The summed E-state index contributed by atoms with van der Waals surface area (Å²) in [4.78, 5) is 14.6. The molecule has 0 aromatic carbocycles. The Bertz CT molecular complexity index is 538. The van der Waals surface area contributed by atoms with Gasteiger partial charge in [0.05, 0.1) is 17.4 Å². The molecular formula is C16H27ClN4O2. The van der Waals surface area contributed by atoms with Crippen LogP contribution in [0.5, 0.6) is 0 Å². The van der Waals surface area contributed by atoms with E-state index in [0.717, 1.165) is 19.0 Å². The Morgan fingerprint density at radius 1 is 1.48 bits per heavy atom. The highest BCUT2D eigenvalue weighted by Crippen LogP contribution is 2.19. The molecule has 1 aromatic rings. The number of β-amino-alcohol motifs (C(OH)–C–C–N with tert-alkyl or cyclic N) is 1. The quantitative estimate of drug-likeness (QED) is 0.821. The second kappa shape index (κ2) is 8.13. The first-order valence-electron chi connectivity index (χ1n) is 8.32. The van der Waals surface area contributed by atoms with Gasteiger partial charge >= 0.3 is 0 Å². The van der Waals surface area contributed by atoms with E-state index in [0.29, 0.717) is 29.4 Å². The zero-order valence-corrected chi connectivity index (χ0v) is 14.9. The maximum absolute atomic E-state index is 12.3. The highest BCUT2D eigenvalue weighted by Gasteiger charge is 2.22. The van der Waals surface area contributed by atoms with Gasteiger partial charge in [0.1, 0.15) is 5.15 Å². The number of aliphatic hydroxyl groups is 1. The minimum Gasteiger partial charge on any atom is -0.390 e. The number of likely N-dealkylation sites (tertiary alicyclic amines) is 1. The zero-order valence-electron chi connectivity index (χ0n) is 14.2. The van der Waals surface area contributed by atoms with Crippen LogP contribution in [0.3, 0.4) is 0 Å². The van der Waals surface area contributed by atoms with Crippen LogP contribution >= 0.6 is 11.6 Å². The van der Waals surface area contributed by atoms with E-state index in [4.69, 9.17) is 11.6 Å². The first-order chi connectivity index (χ1) is 10.9. The predicted octanol–water partition coefficient (Wildman–Crippen LogP) is 1.46. The van der Waals surface area contributed by atoms with Crippen LogP contribution in [-0.4, -0.2) is 58.0 Å². The molecule has 6 nitrogen and oxygen atoms in total. The van der Waals surface area contributed by atoms with Gasteiger partial charge in [-0.05, 0) is 38.3 Å². The number of hydrogen-bond donors (Lipinski definition) is 2. The summed E-state index contributed by atoms with van der Waals surface area (Å²) in [5.74, 6) is 0.495. The number of hydrogen-bond acceptors (Lipinski definition) is 4. The van der Waals surface area contributed by atoms with E-state index in [1.807, 2.05) is 6.92 Å². The van der Waals surface area contributed by atoms with Crippen molar-refractivity contribution < 1.29 is 9.90 Å². The second-order valence-corrected chi connectivity index (χ2v) is 6.79. The third kappa shape index (κ3) is 4.68. The van der Waals surface area contributed by atoms with E-state index in [1.54, 1.807) is 7.05 Å². The minimum absolute atomic E-state index is 0.221. The molecule has 1 aliphatic heterocycles. The van der Waals surface area contributed by atoms with Crippen molar-refractivity contribution in [3.05, 3.63) is 16.4 Å². The number of amides is 1. The summed E-state index contributed by atoms with van der Waals surface area (Å²) < 4.78 is 1.50. The van der Waals surface area contributed by atoms with Crippen molar-refractivity contribution in [1.29, 1.82) is 0 Å². The van der Waals surface area contributed by atoms with Crippen LogP contribution in [0.1, 0.15) is 42.7 Å². The average molecular weight is 343 g/mol. The molecule has 23 heavy (non-hydrogen) atoms. The summed E-state index contributed by atoms with van der Waals surface area (Å²) in [6.07, 6.45) is 2.40.